The molecule has 0 aromatic heterocycles. The number of carbonyl (C=O) groups is 1. The summed E-state index contributed by atoms with van der Waals surface area (Å²) in [6, 6.07) is 5.04. The van der Waals surface area contributed by atoms with Gasteiger partial charge in [0.25, 0.3) is 5.91 Å². The fraction of sp³-hybridized carbons (Fsp3) is 0.375. The number of rotatable bonds is 4. The highest BCUT2D eigenvalue weighted by Gasteiger charge is 2.21. The van der Waals surface area contributed by atoms with Crippen LogP contribution in [0, 0.1) is 11.3 Å². The van der Waals surface area contributed by atoms with Gasteiger partial charge < -0.3 is 19.5 Å². The molecule has 1 aromatic rings. The SMILES string of the molecule is COc1cc(C=C(C#N)C(=O)N2CCCC2)cc(OC)c1O. The van der Waals surface area contributed by atoms with Crippen molar-refractivity contribution < 1.29 is 19.4 Å². The number of nitrogens with zero attached hydrogens (tertiary/aromatic N) is 2. The molecule has 0 atom stereocenters. The number of phenols is 1. The van der Waals surface area contributed by atoms with Crippen molar-refractivity contribution in [2.75, 3.05) is 27.3 Å². The molecule has 1 amide bonds. The fourth-order valence-corrected chi connectivity index (χ4v) is 2.40. The van der Waals surface area contributed by atoms with Gasteiger partial charge in [-0.1, -0.05) is 0 Å². The Morgan fingerprint density at radius 3 is 2.27 bits per heavy atom. The number of phenolic OH excluding ortho intramolecular Hbond substituents is 1. The molecule has 1 fully saturated rings. The predicted molar refractivity (Wildman–Crippen MR) is 80.6 cm³/mol. The molecule has 1 aliphatic rings. The van der Waals surface area contributed by atoms with Crippen LogP contribution >= 0.6 is 0 Å². The molecule has 1 N–H and O–H groups in total. The molecule has 0 radical (unpaired) electrons. The molecule has 6 nitrogen and oxygen atoms in total. The molecule has 22 heavy (non-hydrogen) atoms. The topological polar surface area (TPSA) is 82.8 Å². The van der Waals surface area contributed by atoms with E-state index in [-0.39, 0.29) is 28.7 Å². The molecular formula is C16H18N2O4. The number of ether oxygens (including phenoxy) is 2. The molecule has 1 aliphatic heterocycles. The van der Waals surface area contributed by atoms with Crippen LogP contribution in [0.2, 0.25) is 0 Å². The third-order valence-corrected chi connectivity index (χ3v) is 3.56. The minimum Gasteiger partial charge on any atom is -0.502 e. The standard InChI is InChI=1S/C16H18N2O4/c1-21-13-8-11(9-14(22-2)15(13)19)7-12(10-17)16(20)18-5-3-4-6-18/h7-9,19H,3-6H2,1-2H3. The maximum absolute atomic E-state index is 12.3. The Hall–Kier alpha value is -2.68. The lowest BCUT2D eigenvalue weighted by molar-refractivity contribution is -0.125. The summed E-state index contributed by atoms with van der Waals surface area (Å²) < 4.78 is 10.1. The molecule has 1 saturated heterocycles. The Morgan fingerprint density at radius 2 is 1.82 bits per heavy atom. The van der Waals surface area contributed by atoms with Gasteiger partial charge in [0.15, 0.2) is 11.5 Å². The lowest BCUT2D eigenvalue weighted by atomic mass is 10.1. The van der Waals surface area contributed by atoms with Crippen LogP contribution in [0.5, 0.6) is 17.2 Å². The summed E-state index contributed by atoms with van der Waals surface area (Å²) in [4.78, 5) is 14.0. The average molecular weight is 302 g/mol. The van der Waals surface area contributed by atoms with E-state index in [2.05, 4.69) is 0 Å². The molecule has 0 spiro atoms. The number of aromatic hydroxyl groups is 1. The van der Waals surface area contributed by atoms with E-state index in [1.165, 1.54) is 20.3 Å². The van der Waals surface area contributed by atoms with Crippen molar-refractivity contribution in [1.82, 2.24) is 4.90 Å². The third kappa shape index (κ3) is 3.14. The van der Waals surface area contributed by atoms with Crippen LogP contribution in [-0.4, -0.2) is 43.2 Å². The van der Waals surface area contributed by atoms with E-state index in [0.29, 0.717) is 18.7 Å². The van der Waals surface area contributed by atoms with Crippen LogP contribution in [0.3, 0.4) is 0 Å². The zero-order valence-electron chi connectivity index (χ0n) is 12.6. The lowest BCUT2D eigenvalue weighted by Gasteiger charge is -2.14. The first-order valence-corrected chi connectivity index (χ1v) is 6.96. The number of likely N-dealkylation sites (tertiary alicyclic amines) is 1. The van der Waals surface area contributed by atoms with Gasteiger partial charge in [-0.05, 0) is 36.6 Å². The van der Waals surface area contributed by atoms with Gasteiger partial charge in [-0.25, -0.2) is 0 Å². The van der Waals surface area contributed by atoms with Crippen LogP contribution in [0.4, 0.5) is 0 Å². The van der Waals surface area contributed by atoms with Crippen LogP contribution in [0.15, 0.2) is 17.7 Å². The Kier molecular flexibility index (Phi) is 4.89. The molecule has 0 bridgehead atoms. The maximum atomic E-state index is 12.3. The van der Waals surface area contributed by atoms with Crippen LogP contribution in [-0.2, 0) is 4.79 Å². The van der Waals surface area contributed by atoms with Crippen molar-refractivity contribution >= 4 is 12.0 Å². The number of benzene rings is 1. The molecule has 0 saturated carbocycles. The monoisotopic (exact) mass is 302 g/mol. The van der Waals surface area contributed by atoms with Gasteiger partial charge in [-0.3, -0.25) is 4.79 Å². The van der Waals surface area contributed by atoms with Crippen molar-refractivity contribution in [2.45, 2.75) is 12.8 Å². The smallest absolute Gasteiger partial charge is 0.264 e. The zero-order valence-corrected chi connectivity index (χ0v) is 12.6. The lowest BCUT2D eigenvalue weighted by Crippen LogP contribution is -2.28. The summed E-state index contributed by atoms with van der Waals surface area (Å²) >= 11 is 0. The van der Waals surface area contributed by atoms with E-state index in [1.54, 1.807) is 17.0 Å². The second kappa shape index (κ2) is 6.85. The Morgan fingerprint density at radius 1 is 1.27 bits per heavy atom. The van der Waals surface area contributed by atoms with E-state index < -0.39 is 0 Å². The highest BCUT2D eigenvalue weighted by atomic mass is 16.5. The Bertz CT molecular complexity index is 615. The molecule has 2 rings (SSSR count). The molecule has 0 unspecified atom stereocenters. The maximum Gasteiger partial charge on any atom is 0.264 e. The molecule has 116 valence electrons. The van der Waals surface area contributed by atoms with Gasteiger partial charge in [0, 0.05) is 13.1 Å². The van der Waals surface area contributed by atoms with Crippen molar-refractivity contribution in [1.29, 1.82) is 5.26 Å². The van der Waals surface area contributed by atoms with Crippen LogP contribution in [0.1, 0.15) is 18.4 Å². The molecule has 1 heterocycles. The van der Waals surface area contributed by atoms with Crippen molar-refractivity contribution in [3.8, 4) is 23.3 Å². The first kappa shape index (κ1) is 15.7. The van der Waals surface area contributed by atoms with E-state index >= 15 is 0 Å². The molecule has 1 aromatic carbocycles. The quantitative estimate of drug-likeness (QED) is 0.679. The highest BCUT2D eigenvalue weighted by Crippen LogP contribution is 2.37. The minimum atomic E-state index is -0.272. The number of hydrogen-bond acceptors (Lipinski definition) is 5. The number of nitriles is 1. The summed E-state index contributed by atoms with van der Waals surface area (Å²) in [5.74, 6) is 0.0468. The van der Waals surface area contributed by atoms with E-state index in [1.807, 2.05) is 6.07 Å². The van der Waals surface area contributed by atoms with Crippen molar-refractivity contribution in [3.05, 3.63) is 23.3 Å². The van der Waals surface area contributed by atoms with Gasteiger partial charge >= 0.3 is 0 Å². The first-order chi connectivity index (χ1) is 10.6. The number of methoxy groups -OCH3 is 2. The van der Waals surface area contributed by atoms with Gasteiger partial charge in [0.05, 0.1) is 14.2 Å². The number of amides is 1. The Labute approximate surface area is 129 Å². The molecular weight excluding hydrogens is 284 g/mol. The largest absolute Gasteiger partial charge is 0.502 e. The Balaban J connectivity index is 2.37. The summed E-state index contributed by atoms with van der Waals surface area (Å²) in [6.45, 7) is 1.36. The van der Waals surface area contributed by atoms with Gasteiger partial charge in [0.2, 0.25) is 5.75 Å². The number of hydrogen-bond donors (Lipinski definition) is 1. The van der Waals surface area contributed by atoms with Gasteiger partial charge in [-0.15, -0.1) is 0 Å². The van der Waals surface area contributed by atoms with E-state index in [9.17, 15) is 15.2 Å². The second-order valence-corrected chi connectivity index (χ2v) is 4.94. The fourth-order valence-electron chi connectivity index (χ4n) is 2.40. The van der Waals surface area contributed by atoms with Gasteiger partial charge in [-0.2, -0.15) is 5.26 Å². The van der Waals surface area contributed by atoms with Crippen LogP contribution in [0.25, 0.3) is 6.08 Å². The summed E-state index contributed by atoms with van der Waals surface area (Å²) in [7, 11) is 2.84. The molecule has 6 heteroatoms. The zero-order chi connectivity index (χ0) is 16.1. The number of carbonyl (C=O) groups excluding carboxylic acids is 1. The average Bonchev–Trinajstić information content (AvgIpc) is 3.07. The van der Waals surface area contributed by atoms with E-state index in [0.717, 1.165) is 12.8 Å². The first-order valence-electron chi connectivity index (χ1n) is 6.96. The van der Waals surface area contributed by atoms with E-state index in [4.69, 9.17) is 9.47 Å². The van der Waals surface area contributed by atoms with Gasteiger partial charge in [0.1, 0.15) is 11.6 Å². The van der Waals surface area contributed by atoms with Crippen LogP contribution < -0.4 is 9.47 Å². The predicted octanol–water partition coefficient (Wildman–Crippen LogP) is 1.94. The van der Waals surface area contributed by atoms with Crippen molar-refractivity contribution in [2.24, 2.45) is 0 Å². The second-order valence-electron chi connectivity index (χ2n) is 4.94. The van der Waals surface area contributed by atoms with Crippen molar-refractivity contribution in [3.63, 3.8) is 0 Å². The normalized spacial score (nSPS) is 14.6. The minimum absolute atomic E-state index is 0.0525. The molecule has 0 aliphatic carbocycles. The summed E-state index contributed by atoms with van der Waals surface area (Å²) in [6.07, 6.45) is 3.40. The highest BCUT2D eigenvalue weighted by molar-refractivity contribution is 6.01. The summed E-state index contributed by atoms with van der Waals surface area (Å²) in [5.41, 5.74) is 0.604. The summed E-state index contributed by atoms with van der Waals surface area (Å²) in [5, 5.41) is 19.1. The third-order valence-electron chi connectivity index (χ3n) is 3.56.